The van der Waals surface area contributed by atoms with Gasteiger partial charge in [-0.2, -0.15) is 0 Å². The van der Waals surface area contributed by atoms with Gasteiger partial charge in [0.2, 0.25) is 0 Å². The summed E-state index contributed by atoms with van der Waals surface area (Å²) >= 11 is 0. The van der Waals surface area contributed by atoms with Crippen LogP contribution in [-0.2, 0) is 24.8 Å². The van der Waals surface area contributed by atoms with Gasteiger partial charge in [0.05, 0.1) is 0 Å². The number of hydrogen-bond acceptors (Lipinski definition) is 9. The molecule has 0 radical (unpaired) electrons. The van der Waals surface area contributed by atoms with Crippen LogP contribution in [0.2, 0.25) is 0 Å². The molecule has 1 aromatic heterocycles. The van der Waals surface area contributed by atoms with Crippen LogP contribution in [0.25, 0.3) is 0 Å². The number of pyridine rings is 1. The molecular formula is C18H23NO9P2. The number of carbonyl (C=O) groups is 1. The van der Waals surface area contributed by atoms with E-state index in [1.54, 1.807) is 0 Å². The Morgan fingerprint density at radius 3 is 2.73 bits per heavy atom. The van der Waals surface area contributed by atoms with Crippen molar-refractivity contribution in [2.24, 2.45) is 0 Å². The van der Waals surface area contributed by atoms with Crippen LogP contribution in [0.1, 0.15) is 37.2 Å². The summed E-state index contributed by atoms with van der Waals surface area (Å²) in [4.78, 5) is 47.0. The third-order valence-electron chi connectivity index (χ3n) is 4.49. The zero-order valence-corrected chi connectivity index (χ0v) is 17.9. The second-order valence-electron chi connectivity index (χ2n) is 6.84. The van der Waals surface area contributed by atoms with Crippen LogP contribution in [0.5, 0.6) is 5.75 Å². The Labute approximate surface area is 173 Å². The van der Waals surface area contributed by atoms with Gasteiger partial charge in [0.25, 0.3) is 0 Å². The van der Waals surface area contributed by atoms with E-state index in [0.29, 0.717) is 6.42 Å². The molecule has 1 aliphatic heterocycles. The first kappa shape index (κ1) is 22.9. The van der Waals surface area contributed by atoms with E-state index in [0.717, 1.165) is 0 Å². The van der Waals surface area contributed by atoms with Crippen molar-refractivity contribution in [1.82, 2.24) is 4.98 Å². The van der Waals surface area contributed by atoms with Gasteiger partial charge in [0, 0.05) is 0 Å². The number of ether oxygens (including phenoxy) is 1. The zero-order valence-electron chi connectivity index (χ0n) is 16.0. The van der Waals surface area contributed by atoms with Crippen molar-refractivity contribution in [2.45, 2.75) is 37.6 Å². The second-order valence-corrected chi connectivity index (χ2v) is 11.5. The van der Waals surface area contributed by atoms with Crippen molar-refractivity contribution in [3.05, 3.63) is 59.9 Å². The number of nitrogens with zero attached hydrogens (tertiary/aromatic N) is 1. The molecule has 3 atom stereocenters. The zero-order chi connectivity index (χ0) is 22.0. The summed E-state index contributed by atoms with van der Waals surface area (Å²) in [6, 6.07) is 8.73. The molecule has 12 heteroatoms. The van der Waals surface area contributed by atoms with Gasteiger partial charge in [-0.15, -0.1) is 0 Å². The van der Waals surface area contributed by atoms with Crippen molar-refractivity contribution >= 4 is 21.5 Å². The average Bonchev–Trinajstić information content (AvgIpc) is 2.67. The van der Waals surface area contributed by atoms with Gasteiger partial charge in [-0.05, 0) is 0 Å². The number of aromatic nitrogens is 1. The van der Waals surface area contributed by atoms with E-state index >= 15 is 0 Å². The molecule has 3 unspecified atom stereocenters. The van der Waals surface area contributed by atoms with Crippen LogP contribution in [0.15, 0.2) is 48.8 Å². The molecule has 30 heavy (non-hydrogen) atoms. The molecule has 1 aliphatic rings. The van der Waals surface area contributed by atoms with Crippen LogP contribution < -0.4 is 4.74 Å². The van der Waals surface area contributed by atoms with Gasteiger partial charge in [-0.3, -0.25) is 0 Å². The van der Waals surface area contributed by atoms with Crippen LogP contribution in [0, 0.1) is 0 Å². The monoisotopic (exact) mass is 459 g/mol. The van der Waals surface area contributed by atoms with E-state index in [-0.39, 0.29) is 23.3 Å². The van der Waals surface area contributed by atoms with E-state index in [2.05, 4.69) is 4.98 Å². The Hall–Kier alpha value is -1.74. The summed E-state index contributed by atoms with van der Waals surface area (Å²) in [5.41, 5.74) is 0.388. The number of esters is 1. The molecule has 4 N–H and O–H groups in total. The summed E-state index contributed by atoms with van der Waals surface area (Å²) in [5.74, 6) is -0.336. The van der Waals surface area contributed by atoms with Crippen LogP contribution in [0.3, 0.4) is 0 Å². The second kappa shape index (κ2) is 8.78. The summed E-state index contributed by atoms with van der Waals surface area (Å²) in [7, 11) is -10.2. The fourth-order valence-electron chi connectivity index (χ4n) is 2.91. The predicted molar refractivity (Wildman–Crippen MR) is 107 cm³/mol. The number of benzene rings is 1. The first-order valence-corrected chi connectivity index (χ1v) is 12.5. The standard InChI is InChI=1S/C18H23NO9P2/c1-2-5-16(20)26-15-8-3-7-14(10-15)17-27-29(22,23)18(21,30(24,25)28-17)11-13-6-4-9-19-12-13/h3-4,6-10,12,17,21-23,29H,2,5,11H2,1H3,(H,24,25). The van der Waals surface area contributed by atoms with E-state index in [1.165, 1.54) is 48.8 Å². The Morgan fingerprint density at radius 1 is 1.33 bits per heavy atom. The summed E-state index contributed by atoms with van der Waals surface area (Å²) < 4.78 is 28.3. The average molecular weight is 459 g/mol. The van der Waals surface area contributed by atoms with E-state index < -0.39 is 39.3 Å². The van der Waals surface area contributed by atoms with Gasteiger partial charge in [-0.1, -0.05) is 0 Å². The van der Waals surface area contributed by atoms with Crippen molar-refractivity contribution in [1.29, 1.82) is 0 Å². The molecule has 2 aromatic rings. The van der Waals surface area contributed by atoms with Crippen LogP contribution >= 0.6 is 15.5 Å². The normalized spacial score (nSPS) is 29.2. The molecule has 0 spiro atoms. The van der Waals surface area contributed by atoms with E-state index in [4.69, 9.17) is 13.8 Å². The topological polar surface area (TPSA) is 156 Å². The molecule has 3 rings (SSSR count). The third kappa shape index (κ3) is 4.61. The maximum absolute atomic E-state index is 12.9. The maximum atomic E-state index is 12.9. The Bertz CT molecular complexity index is 956. The van der Waals surface area contributed by atoms with Crippen LogP contribution in [-0.4, -0.2) is 35.8 Å². The summed E-state index contributed by atoms with van der Waals surface area (Å²) in [6.07, 6.45) is 1.29. The van der Waals surface area contributed by atoms with Gasteiger partial charge >= 0.3 is 173 Å². The van der Waals surface area contributed by atoms with Crippen LogP contribution in [0.4, 0.5) is 0 Å². The van der Waals surface area contributed by atoms with E-state index in [9.17, 15) is 29.1 Å². The van der Waals surface area contributed by atoms with Crippen molar-refractivity contribution in [3.8, 4) is 5.75 Å². The summed E-state index contributed by atoms with van der Waals surface area (Å²) in [5, 5.41) is 7.84. The number of carbonyl (C=O) groups excluding carboxylic acids is 1. The molecule has 10 nitrogen and oxygen atoms in total. The molecule has 1 fully saturated rings. The quantitative estimate of drug-likeness (QED) is 0.287. The molecule has 0 bridgehead atoms. The van der Waals surface area contributed by atoms with Gasteiger partial charge < -0.3 is 0 Å². The van der Waals surface area contributed by atoms with Gasteiger partial charge in [-0.25, -0.2) is 0 Å². The minimum atomic E-state index is -5.19. The fraction of sp³-hybridized carbons (Fsp3) is 0.333. The van der Waals surface area contributed by atoms with Gasteiger partial charge in [0.1, 0.15) is 0 Å². The molecule has 0 amide bonds. The fourth-order valence-corrected chi connectivity index (χ4v) is 6.87. The van der Waals surface area contributed by atoms with Crippen molar-refractivity contribution in [3.63, 3.8) is 0 Å². The molecule has 0 aliphatic carbocycles. The summed E-state index contributed by atoms with van der Waals surface area (Å²) in [6.45, 7) is 1.82. The number of rotatable bonds is 6. The Balaban J connectivity index is 1.86. The van der Waals surface area contributed by atoms with Crippen molar-refractivity contribution < 1.29 is 42.9 Å². The van der Waals surface area contributed by atoms with E-state index in [1.807, 2.05) is 6.92 Å². The predicted octanol–water partition coefficient (Wildman–Crippen LogP) is 2.39. The molecule has 1 aromatic carbocycles. The Morgan fingerprint density at radius 2 is 2.10 bits per heavy atom. The number of aliphatic hydroxyl groups is 1. The minimum absolute atomic E-state index is 0.106. The molecule has 0 saturated carbocycles. The molecular weight excluding hydrogens is 436 g/mol. The van der Waals surface area contributed by atoms with Crippen molar-refractivity contribution in [2.75, 3.05) is 0 Å². The SMILES string of the molecule is CCCC(=O)Oc1cccc(C2OP(=O)(O)C(O)(Cc3cccnc3)[PH](O)(O)O2)c1. The molecule has 1 saturated heterocycles. The molecule has 164 valence electrons. The first-order valence-electron chi connectivity index (χ1n) is 9.14. The Kier molecular flexibility index (Phi) is 6.72. The third-order valence-corrected chi connectivity index (χ3v) is 9.54. The molecule has 2 heterocycles. The number of hydrogen-bond donors (Lipinski definition) is 4. The first-order chi connectivity index (χ1) is 14.1. The van der Waals surface area contributed by atoms with Gasteiger partial charge in [0.15, 0.2) is 0 Å².